The van der Waals surface area contributed by atoms with E-state index in [1.807, 2.05) is 13.8 Å². The van der Waals surface area contributed by atoms with Crippen molar-refractivity contribution in [2.75, 3.05) is 13.1 Å². The quantitative estimate of drug-likeness (QED) is 0.126. The number of ketones is 1. The third-order valence-corrected chi connectivity index (χ3v) is 9.80. The number of halogens is 1. The first-order valence-corrected chi connectivity index (χ1v) is 16.5. The van der Waals surface area contributed by atoms with Gasteiger partial charge in [-0.1, -0.05) is 64.3 Å². The van der Waals surface area contributed by atoms with Gasteiger partial charge in [0, 0.05) is 34.7 Å². The van der Waals surface area contributed by atoms with Gasteiger partial charge in [-0.3, -0.25) is 14.4 Å². The fourth-order valence-corrected chi connectivity index (χ4v) is 5.75. The van der Waals surface area contributed by atoms with Gasteiger partial charge in [0.1, 0.15) is 5.75 Å². The number of nitrogens with one attached hydrogen (secondary N) is 2. The molecule has 0 heterocycles. The molecule has 0 saturated heterocycles. The number of carbonyl (C=O) groups excluding carboxylic acids is 3. The van der Waals surface area contributed by atoms with Crippen LogP contribution in [0.25, 0.3) is 0 Å². The highest BCUT2D eigenvalue weighted by Gasteiger charge is 2.44. The number of aliphatic hydroxyl groups excluding tert-OH is 1. The normalized spacial score (nSPS) is 13.1. The van der Waals surface area contributed by atoms with Gasteiger partial charge in [0.25, 0.3) is 5.91 Å². The molecule has 8 heteroatoms. The lowest BCUT2D eigenvalue weighted by atomic mass is 9.58. The smallest absolute Gasteiger partial charge is 0.263 e. The fraction of sp³-hybridized carbons (Fsp3) is 0.553. The fourth-order valence-electron chi connectivity index (χ4n) is 5.62. The second-order valence-electron chi connectivity index (χ2n) is 14.9. The minimum Gasteiger partial charge on any atom is -0.478 e. The van der Waals surface area contributed by atoms with E-state index in [-0.39, 0.29) is 35.0 Å². The van der Waals surface area contributed by atoms with E-state index in [1.165, 1.54) is 11.1 Å². The number of rotatable bonds is 16. The monoisotopic (exact) mass is 654 g/mol. The van der Waals surface area contributed by atoms with Crippen LogP contribution in [0.4, 0.5) is 0 Å². The van der Waals surface area contributed by atoms with Crippen LogP contribution in [-0.2, 0) is 9.59 Å². The number of benzene rings is 2. The van der Waals surface area contributed by atoms with Gasteiger partial charge in [-0.25, -0.2) is 0 Å². The van der Waals surface area contributed by atoms with Crippen LogP contribution >= 0.6 is 11.6 Å². The summed E-state index contributed by atoms with van der Waals surface area (Å²) in [6.45, 7) is 23.3. The van der Waals surface area contributed by atoms with E-state index in [1.54, 1.807) is 62.4 Å². The Morgan fingerprint density at radius 2 is 1.22 bits per heavy atom. The van der Waals surface area contributed by atoms with E-state index in [0.717, 1.165) is 0 Å². The van der Waals surface area contributed by atoms with Crippen molar-refractivity contribution in [1.29, 1.82) is 0 Å². The molecule has 0 radical (unpaired) electrons. The highest BCUT2D eigenvalue weighted by Crippen LogP contribution is 2.51. The molecule has 3 N–H and O–H groups in total. The Labute approximate surface area is 281 Å². The van der Waals surface area contributed by atoms with E-state index < -0.39 is 17.1 Å². The van der Waals surface area contributed by atoms with Crippen LogP contribution in [0, 0.1) is 16.2 Å². The van der Waals surface area contributed by atoms with E-state index in [4.69, 9.17) is 16.3 Å². The summed E-state index contributed by atoms with van der Waals surface area (Å²) in [5.41, 5.74) is 1.71. The molecule has 0 saturated carbocycles. The zero-order valence-corrected chi connectivity index (χ0v) is 30.4. The molecule has 2 aromatic rings. The number of carbonyl (C=O) groups is 3. The molecule has 7 nitrogen and oxygen atoms in total. The molecular formula is C38H55ClN2O5. The van der Waals surface area contributed by atoms with E-state index >= 15 is 0 Å². The van der Waals surface area contributed by atoms with Crippen molar-refractivity contribution in [1.82, 2.24) is 10.6 Å². The molecule has 0 bridgehead atoms. The number of allylic oxidation sites excluding steroid dienone is 2. The Hall–Kier alpha value is -3.16. The highest BCUT2D eigenvalue weighted by atomic mass is 35.5. The average Bonchev–Trinajstić information content (AvgIpc) is 2.96. The summed E-state index contributed by atoms with van der Waals surface area (Å²) in [5.74, 6) is -0.0521. The number of hydrogen-bond donors (Lipinski definition) is 3. The molecule has 0 aromatic heterocycles. The third-order valence-electron chi connectivity index (χ3n) is 9.55. The summed E-state index contributed by atoms with van der Waals surface area (Å²) in [7, 11) is 0. The topological polar surface area (TPSA) is 105 Å². The molecule has 2 rings (SSSR count). The van der Waals surface area contributed by atoms with E-state index in [2.05, 4.69) is 59.1 Å². The minimum atomic E-state index is -1.18. The van der Waals surface area contributed by atoms with Crippen LogP contribution in [-0.4, -0.2) is 47.5 Å². The zero-order chi connectivity index (χ0) is 35.1. The van der Waals surface area contributed by atoms with Crippen molar-refractivity contribution in [2.45, 2.75) is 107 Å². The van der Waals surface area contributed by atoms with Crippen LogP contribution in [0.3, 0.4) is 0 Å². The highest BCUT2D eigenvalue weighted by molar-refractivity contribution is 6.30. The van der Waals surface area contributed by atoms with E-state index in [9.17, 15) is 19.5 Å². The molecule has 0 aliphatic rings. The van der Waals surface area contributed by atoms with Crippen LogP contribution in [0.15, 0.2) is 59.7 Å². The van der Waals surface area contributed by atoms with E-state index in [0.29, 0.717) is 47.7 Å². The second kappa shape index (κ2) is 15.6. The standard InChI is InChI=1S/C38H55ClN2O5/c1-25(2)26(3)37(8,9)36(6,7)24-35(4,5)33(44)40-22-20-30(42)21-23-41-34(45)38(10,11)46-31-18-14-28(15-19-31)32(43)27-12-16-29(39)17-13-27/h12-19,30,42H,20-24H2,1-11H3,(H,40,44)(H,41,45). The molecule has 2 aromatic carbocycles. The second-order valence-corrected chi connectivity index (χ2v) is 15.3. The first-order valence-electron chi connectivity index (χ1n) is 16.1. The van der Waals surface area contributed by atoms with Gasteiger partial charge in [-0.05, 0) is 113 Å². The van der Waals surface area contributed by atoms with Gasteiger partial charge in [0.05, 0.1) is 6.10 Å². The van der Waals surface area contributed by atoms with Crippen molar-refractivity contribution in [3.05, 3.63) is 75.8 Å². The maximum atomic E-state index is 13.1. The van der Waals surface area contributed by atoms with Crippen LogP contribution in [0.5, 0.6) is 5.75 Å². The third kappa shape index (κ3) is 10.4. The van der Waals surface area contributed by atoms with Crippen molar-refractivity contribution in [3.63, 3.8) is 0 Å². The molecule has 2 amide bonds. The molecule has 46 heavy (non-hydrogen) atoms. The molecule has 1 atom stereocenters. The van der Waals surface area contributed by atoms with Gasteiger partial charge in [-0.2, -0.15) is 0 Å². The lowest BCUT2D eigenvalue weighted by molar-refractivity contribution is -0.134. The van der Waals surface area contributed by atoms with Crippen molar-refractivity contribution < 1.29 is 24.2 Å². The Morgan fingerprint density at radius 1 is 0.761 bits per heavy atom. The van der Waals surface area contributed by atoms with Crippen molar-refractivity contribution >= 4 is 29.2 Å². The van der Waals surface area contributed by atoms with Gasteiger partial charge in [-0.15, -0.1) is 0 Å². The Morgan fingerprint density at radius 3 is 1.70 bits per heavy atom. The molecule has 254 valence electrons. The summed E-state index contributed by atoms with van der Waals surface area (Å²) < 4.78 is 5.93. The summed E-state index contributed by atoms with van der Waals surface area (Å²) >= 11 is 5.91. The number of ether oxygens (including phenoxy) is 1. The lowest BCUT2D eigenvalue weighted by Crippen LogP contribution is -2.47. The van der Waals surface area contributed by atoms with Crippen LogP contribution < -0.4 is 15.4 Å². The molecule has 0 aliphatic heterocycles. The molecular weight excluding hydrogens is 600 g/mol. The Kier molecular flexibility index (Phi) is 13.3. The van der Waals surface area contributed by atoms with Gasteiger partial charge in [0.2, 0.25) is 5.91 Å². The number of hydrogen-bond acceptors (Lipinski definition) is 5. The summed E-state index contributed by atoms with van der Waals surface area (Å²) in [4.78, 5) is 38.7. The Bertz CT molecular complexity index is 1390. The molecule has 0 fully saturated rings. The molecule has 0 spiro atoms. The average molecular weight is 655 g/mol. The van der Waals surface area contributed by atoms with Gasteiger partial charge >= 0.3 is 0 Å². The minimum absolute atomic E-state index is 0.0343. The Balaban J connectivity index is 1.80. The largest absolute Gasteiger partial charge is 0.478 e. The number of aliphatic hydroxyl groups is 1. The zero-order valence-electron chi connectivity index (χ0n) is 29.7. The van der Waals surface area contributed by atoms with Gasteiger partial charge < -0.3 is 20.5 Å². The van der Waals surface area contributed by atoms with Gasteiger partial charge in [0.15, 0.2) is 11.4 Å². The van der Waals surface area contributed by atoms with Crippen LogP contribution in [0.2, 0.25) is 5.02 Å². The maximum absolute atomic E-state index is 13.1. The molecule has 0 aliphatic carbocycles. The predicted octanol–water partition coefficient (Wildman–Crippen LogP) is 7.93. The first-order chi connectivity index (χ1) is 21.1. The maximum Gasteiger partial charge on any atom is 0.263 e. The first kappa shape index (κ1) is 39.0. The number of amides is 2. The lowest BCUT2D eigenvalue weighted by Gasteiger charge is -2.47. The predicted molar refractivity (Wildman–Crippen MR) is 187 cm³/mol. The summed E-state index contributed by atoms with van der Waals surface area (Å²) in [5, 5.41) is 16.9. The van der Waals surface area contributed by atoms with Crippen LogP contribution in [0.1, 0.15) is 111 Å². The SMILES string of the molecule is CC(C)=C(C)C(C)(C)C(C)(C)CC(C)(C)C(=O)NCCC(O)CCNC(=O)C(C)(C)Oc1ccc(C(=O)c2ccc(Cl)cc2)cc1. The summed E-state index contributed by atoms with van der Waals surface area (Å²) in [6, 6.07) is 13.3. The molecule has 1 unspecified atom stereocenters. The van der Waals surface area contributed by atoms with Crippen molar-refractivity contribution in [2.24, 2.45) is 16.2 Å². The summed E-state index contributed by atoms with van der Waals surface area (Å²) in [6.07, 6.45) is 0.742. The van der Waals surface area contributed by atoms with Crippen molar-refractivity contribution in [3.8, 4) is 5.75 Å².